The average Bonchev–Trinajstić information content (AvgIpc) is 2.82. The van der Waals surface area contributed by atoms with Gasteiger partial charge in [0, 0.05) is 27.7 Å². The van der Waals surface area contributed by atoms with Gasteiger partial charge in [-0.05, 0) is 12.1 Å². The molecule has 0 spiro atoms. The number of hydrogen-bond donors (Lipinski definition) is 1. The topological polar surface area (TPSA) is 55.9 Å². The molecule has 1 heterocycles. The summed E-state index contributed by atoms with van der Waals surface area (Å²) in [6.45, 7) is 0. The molecule has 88 valence electrons. The number of hydrogen-bond acceptors (Lipinski definition) is 2. The van der Waals surface area contributed by atoms with Gasteiger partial charge >= 0.3 is 0 Å². The number of rotatable bonds is 2. The van der Waals surface area contributed by atoms with E-state index >= 15 is 0 Å². The molecule has 1 N–H and O–H groups in total. The fourth-order valence-electron chi connectivity index (χ4n) is 2.11. The lowest BCUT2D eigenvalue weighted by Crippen LogP contribution is -2.22. The molecule has 3 rings (SSSR count). The third-order valence-electron chi connectivity index (χ3n) is 2.97. The fourth-order valence-corrected chi connectivity index (χ4v) is 2.11. The Labute approximate surface area is 104 Å². The first-order valence-corrected chi connectivity index (χ1v) is 5.64. The number of carbonyl (C=O) groups is 1. The van der Waals surface area contributed by atoms with Crippen LogP contribution in [0.1, 0.15) is 10.4 Å². The summed E-state index contributed by atoms with van der Waals surface area (Å²) in [5.41, 5.74) is 2.62. The maximum absolute atomic E-state index is 11.1. The van der Waals surface area contributed by atoms with E-state index < -0.39 is 5.97 Å². The molecule has 0 bridgehead atoms. The first kappa shape index (κ1) is 10.6. The summed E-state index contributed by atoms with van der Waals surface area (Å²) in [7, 11) is 0. The van der Waals surface area contributed by atoms with E-state index in [-0.39, 0.29) is 5.56 Å². The summed E-state index contributed by atoms with van der Waals surface area (Å²) in [6.07, 6.45) is 0. The molecule has 0 unspecified atom stereocenters. The first-order chi connectivity index (χ1) is 8.75. The maximum atomic E-state index is 11.1. The summed E-state index contributed by atoms with van der Waals surface area (Å²) in [5, 5.41) is 12.1. The summed E-state index contributed by atoms with van der Waals surface area (Å²) >= 11 is 0. The van der Waals surface area contributed by atoms with E-state index in [2.05, 4.69) is 4.98 Å². The van der Waals surface area contributed by atoms with Gasteiger partial charge in [0.05, 0.1) is 5.97 Å². The monoisotopic (exact) mass is 236 g/mol. The predicted molar refractivity (Wildman–Crippen MR) is 68.1 cm³/mol. The molecule has 0 saturated heterocycles. The maximum Gasteiger partial charge on any atom is 0.0722 e. The van der Waals surface area contributed by atoms with Gasteiger partial charge < -0.3 is 14.9 Å². The van der Waals surface area contributed by atoms with Gasteiger partial charge in [-0.15, -0.1) is 0 Å². The lowest BCUT2D eigenvalue weighted by molar-refractivity contribution is -0.254. The van der Waals surface area contributed by atoms with Crippen LogP contribution < -0.4 is 5.11 Å². The second-order valence-corrected chi connectivity index (χ2v) is 4.10. The Kier molecular flexibility index (Phi) is 2.38. The first-order valence-electron chi connectivity index (χ1n) is 5.64. The molecular weight excluding hydrogens is 226 g/mol. The van der Waals surface area contributed by atoms with E-state index in [1.807, 2.05) is 36.4 Å². The molecule has 2 aromatic carbocycles. The van der Waals surface area contributed by atoms with Crippen LogP contribution >= 0.6 is 0 Å². The minimum Gasteiger partial charge on any atom is -0.545 e. The summed E-state index contributed by atoms with van der Waals surface area (Å²) in [4.78, 5) is 14.3. The molecule has 3 aromatic rings. The van der Waals surface area contributed by atoms with Crippen molar-refractivity contribution in [2.75, 3.05) is 0 Å². The fraction of sp³-hybridized carbons (Fsp3) is 0. The van der Waals surface area contributed by atoms with Crippen molar-refractivity contribution in [3.05, 3.63) is 60.2 Å². The standard InChI is InChI=1S/C15H11NO2/c17-15(18)12-7-3-2-6-11(12)14-9-10-5-1-4-8-13(10)16-14/h1-9,16H,(H,17,18)/p-1. The molecule has 0 radical (unpaired) electrons. The zero-order chi connectivity index (χ0) is 12.5. The van der Waals surface area contributed by atoms with Gasteiger partial charge in [-0.1, -0.05) is 42.5 Å². The molecule has 0 atom stereocenters. The Bertz CT molecular complexity index is 695. The number of aromatic nitrogens is 1. The number of para-hydroxylation sites is 1. The van der Waals surface area contributed by atoms with Crippen molar-refractivity contribution in [2.45, 2.75) is 0 Å². The van der Waals surface area contributed by atoms with Crippen molar-refractivity contribution in [2.24, 2.45) is 0 Å². The van der Waals surface area contributed by atoms with Crippen LogP contribution in [0.25, 0.3) is 22.2 Å². The summed E-state index contributed by atoms with van der Waals surface area (Å²) in [6, 6.07) is 16.6. The highest BCUT2D eigenvalue weighted by Gasteiger charge is 2.07. The number of nitrogens with one attached hydrogen (secondary N) is 1. The summed E-state index contributed by atoms with van der Waals surface area (Å²) < 4.78 is 0. The molecule has 0 aliphatic carbocycles. The molecule has 3 heteroatoms. The van der Waals surface area contributed by atoms with E-state index in [0.29, 0.717) is 5.56 Å². The number of carboxylic acid groups (broad SMARTS) is 1. The van der Waals surface area contributed by atoms with E-state index in [0.717, 1.165) is 16.6 Å². The van der Waals surface area contributed by atoms with Crippen LogP contribution in [0.15, 0.2) is 54.6 Å². The van der Waals surface area contributed by atoms with Gasteiger partial charge in [0.25, 0.3) is 0 Å². The third-order valence-corrected chi connectivity index (χ3v) is 2.97. The Morgan fingerprint density at radius 3 is 2.50 bits per heavy atom. The molecule has 0 amide bonds. The summed E-state index contributed by atoms with van der Waals surface area (Å²) in [5.74, 6) is -1.16. The number of carbonyl (C=O) groups excluding carboxylic acids is 1. The molecule has 0 saturated carbocycles. The van der Waals surface area contributed by atoms with Crippen LogP contribution in [0.5, 0.6) is 0 Å². The van der Waals surface area contributed by atoms with E-state index in [1.165, 1.54) is 0 Å². The molecule has 0 fully saturated rings. The molecular formula is C15H10NO2-. The van der Waals surface area contributed by atoms with Gasteiger partial charge in [0.15, 0.2) is 0 Å². The van der Waals surface area contributed by atoms with Crippen LogP contribution in [-0.2, 0) is 0 Å². The normalized spacial score (nSPS) is 10.7. The van der Waals surface area contributed by atoms with Crippen LogP contribution in [0.4, 0.5) is 0 Å². The highest BCUT2D eigenvalue weighted by molar-refractivity contribution is 5.96. The number of benzene rings is 2. The zero-order valence-electron chi connectivity index (χ0n) is 9.51. The highest BCUT2D eigenvalue weighted by atomic mass is 16.4. The lowest BCUT2D eigenvalue weighted by Gasteiger charge is -2.08. The van der Waals surface area contributed by atoms with Gasteiger partial charge in [-0.2, -0.15) is 0 Å². The molecule has 1 aromatic heterocycles. The van der Waals surface area contributed by atoms with Crippen molar-refractivity contribution >= 4 is 16.9 Å². The highest BCUT2D eigenvalue weighted by Crippen LogP contribution is 2.26. The molecule has 3 nitrogen and oxygen atoms in total. The van der Waals surface area contributed by atoms with E-state index in [9.17, 15) is 9.90 Å². The van der Waals surface area contributed by atoms with Gasteiger partial charge in [-0.3, -0.25) is 0 Å². The minimum atomic E-state index is -1.16. The smallest absolute Gasteiger partial charge is 0.0722 e. The second-order valence-electron chi connectivity index (χ2n) is 4.10. The van der Waals surface area contributed by atoms with Crippen molar-refractivity contribution in [1.82, 2.24) is 4.98 Å². The lowest BCUT2D eigenvalue weighted by atomic mass is 10.0. The predicted octanol–water partition coefficient (Wildman–Crippen LogP) is 2.20. The van der Waals surface area contributed by atoms with Crippen LogP contribution in [0.3, 0.4) is 0 Å². The van der Waals surface area contributed by atoms with Gasteiger partial charge in [0.2, 0.25) is 0 Å². The van der Waals surface area contributed by atoms with Crippen LogP contribution in [-0.4, -0.2) is 11.0 Å². The van der Waals surface area contributed by atoms with Crippen LogP contribution in [0.2, 0.25) is 0 Å². The quantitative estimate of drug-likeness (QED) is 0.741. The molecule has 0 aliphatic heterocycles. The Morgan fingerprint density at radius 2 is 1.72 bits per heavy atom. The third kappa shape index (κ3) is 1.66. The van der Waals surface area contributed by atoms with Gasteiger partial charge in [0.1, 0.15) is 0 Å². The van der Waals surface area contributed by atoms with Crippen molar-refractivity contribution < 1.29 is 9.90 Å². The van der Waals surface area contributed by atoms with Gasteiger partial charge in [-0.25, -0.2) is 0 Å². The largest absolute Gasteiger partial charge is 0.545 e. The minimum absolute atomic E-state index is 0.198. The van der Waals surface area contributed by atoms with Crippen molar-refractivity contribution in [3.63, 3.8) is 0 Å². The second kappa shape index (κ2) is 4.04. The number of aromatic carboxylic acids is 1. The number of carboxylic acids is 1. The number of aromatic amines is 1. The van der Waals surface area contributed by atoms with Crippen molar-refractivity contribution in [3.8, 4) is 11.3 Å². The Morgan fingerprint density at radius 1 is 1.00 bits per heavy atom. The number of fused-ring (bicyclic) bond motifs is 1. The average molecular weight is 236 g/mol. The van der Waals surface area contributed by atoms with E-state index in [4.69, 9.17) is 0 Å². The van der Waals surface area contributed by atoms with E-state index in [1.54, 1.807) is 18.2 Å². The Balaban J connectivity index is 2.23. The Hall–Kier alpha value is -2.55. The number of H-pyrrole nitrogens is 1. The van der Waals surface area contributed by atoms with Crippen LogP contribution in [0, 0.1) is 0 Å². The zero-order valence-corrected chi connectivity index (χ0v) is 9.51. The SMILES string of the molecule is O=C([O-])c1ccccc1-c1cc2ccccc2[nH]1. The van der Waals surface area contributed by atoms with Crippen molar-refractivity contribution in [1.29, 1.82) is 0 Å². The molecule has 18 heavy (non-hydrogen) atoms. The molecule has 0 aliphatic rings.